The Labute approximate surface area is 155 Å². The predicted molar refractivity (Wildman–Crippen MR) is 101 cm³/mol. The highest BCUT2D eigenvalue weighted by Crippen LogP contribution is 2.18. The SMILES string of the molecule is CCOC(=O)c1ccc(NC(=O)CSc2cnc3ccccc3n2)cc1. The second kappa shape index (κ2) is 8.44. The average molecular weight is 367 g/mol. The summed E-state index contributed by atoms with van der Waals surface area (Å²) >= 11 is 1.32. The van der Waals surface area contributed by atoms with E-state index in [0.717, 1.165) is 11.0 Å². The van der Waals surface area contributed by atoms with Crippen molar-refractivity contribution in [3.63, 3.8) is 0 Å². The number of amides is 1. The van der Waals surface area contributed by atoms with Crippen LogP contribution in [0.2, 0.25) is 0 Å². The molecular weight excluding hydrogens is 350 g/mol. The molecule has 3 aromatic rings. The molecule has 0 saturated heterocycles. The Morgan fingerprint density at radius 3 is 2.54 bits per heavy atom. The highest BCUT2D eigenvalue weighted by atomic mass is 32.2. The molecule has 7 heteroatoms. The summed E-state index contributed by atoms with van der Waals surface area (Å²) in [5.41, 5.74) is 2.69. The molecule has 0 saturated carbocycles. The van der Waals surface area contributed by atoms with Crippen molar-refractivity contribution < 1.29 is 14.3 Å². The Morgan fingerprint density at radius 2 is 1.81 bits per heavy atom. The number of carbonyl (C=O) groups excluding carboxylic acids is 2. The number of thioether (sulfide) groups is 1. The van der Waals surface area contributed by atoms with Crippen LogP contribution < -0.4 is 5.32 Å². The molecule has 1 heterocycles. The molecule has 0 unspecified atom stereocenters. The summed E-state index contributed by atoms with van der Waals surface area (Å²) in [5.74, 6) is -0.322. The molecule has 0 aliphatic carbocycles. The van der Waals surface area contributed by atoms with Crippen LogP contribution in [0.15, 0.2) is 59.8 Å². The summed E-state index contributed by atoms with van der Waals surface area (Å²) in [6, 6.07) is 14.2. The lowest BCUT2D eigenvalue weighted by Gasteiger charge is -2.06. The normalized spacial score (nSPS) is 10.5. The van der Waals surface area contributed by atoms with Crippen molar-refractivity contribution in [1.29, 1.82) is 0 Å². The molecule has 1 N–H and O–H groups in total. The molecule has 26 heavy (non-hydrogen) atoms. The van der Waals surface area contributed by atoms with Gasteiger partial charge in [-0.05, 0) is 43.3 Å². The molecular formula is C19H17N3O3S. The summed E-state index contributed by atoms with van der Waals surface area (Å²) in [4.78, 5) is 32.5. The predicted octanol–water partition coefficient (Wildman–Crippen LogP) is 3.54. The largest absolute Gasteiger partial charge is 0.462 e. The minimum absolute atomic E-state index is 0.158. The van der Waals surface area contributed by atoms with Crippen LogP contribution in [0.25, 0.3) is 11.0 Å². The number of carbonyl (C=O) groups is 2. The van der Waals surface area contributed by atoms with E-state index in [-0.39, 0.29) is 17.6 Å². The standard InChI is InChI=1S/C19H17N3O3S/c1-2-25-19(24)13-7-9-14(10-8-13)21-17(23)12-26-18-11-20-15-5-3-4-6-16(15)22-18/h3-11H,2,12H2,1H3,(H,21,23). The summed E-state index contributed by atoms with van der Waals surface area (Å²) in [6.07, 6.45) is 1.66. The van der Waals surface area contributed by atoms with Crippen LogP contribution in [-0.4, -0.2) is 34.2 Å². The number of aromatic nitrogens is 2. The van der Waals surface area contributed by atoms with E-state index in [0.29, 0.717) is 22.9 Å². The van der Waals surface area contributed by atoms with E-state index in [1.165, 1.54) is 11.8 Å². The Kier molecular flexibility index (Phi) is 5.80. The number of fused-ring (bicyclic) bond motifs is 1. The lowest BCUT2D eigenvalue weighted by molar-refractivity contribution is -0.113. The van der Waals surface area contributed by atoms with E-state index in [9.17, 15) is 9.59 Å². The van der Waals surface area contributed by atoms with E-state index in [1.54, 1.807) is 37.4 Å². The van der Waals surface area contributed by atoms with Crippen molar-refractivity contribution in [2.75, 3.05) is 17.7 Å². The number of nitrogens with zero attached hydrogens (tertiary/aromatic N) is 2. The molecule has 1 amide bonds. The van der Waals surface area contributed by atoms with Crippen LogP contribution in [0.1, 0.15) is 17.3 Å². The van der Waals surface area contributed by atoms with Gasteiger partial charge in [0.25, 0.3) is 0 Å². The van der Waals surface area contributed by atoms with E-state index >= 15 is 0 Å². The van der Waals surface area contributed by atoms with E-state index in [4.69, 9.17) is 4.74 Å². The maximum atomic E-state index is 12.1. The molecule has 0 aliphatic heterocycles. The fourth-order valence-electron chi connectivity index (χ4n) is 2.25. The maximum absolute atomic E-state index is 12.1. The van der Waals surface area contributed by atoms with Crippen molar-refractivity contribution in [2.24, 2.45) is 0 Å². The molecule has 3 rings (SSSR count). The van der Waals surface area contributed by atoms with Crippen molar-refractivity contribution in [1.82, 2.24) is 9.97 Å². The van der Waals surface area contributed by atoms with Crippen LogP contribution >= 0.6 is 11.8 Å². The van der Waals surface area contributed by atoms with Gasteiger partial charge in [0.15, 0.2) is 0 Å². The van der Waals surface area contributed by atoms with Crippen LogP contribution in [0.4, 0.5) is 5.69 Å². The first-order valence-electron chi connectivity index (χ1n) is 8.07. The fraction of sp³-hybridized carbons (Fsp3) is 0.158. The van der Waals surface area contributed by atoms with Gasteiger partial charge in [-0.2, -0.15) is 0 Å². The zero-order valence-corrected chi connectivity index (χ0v) is 15.0. The molecule has 0 bridgehead atoms. The van der Waals surface area contributed by atoms with Crippen molar-refractivity contribution >= 4 is 40.4 Å². The number of anilines is 1. The third kappa shape index (κ3) is 4.58. The molecule has 6 nitrogen and oxygen atoms in total. The molecule has 132 valence electrons. The first-order chi connectivity index (χ1) is 12.7. The molecule has 0 atom stereocenters. The van der Waals surface area contributed by atoms with Gasteiger partial charge in [-0.15, -0.1) is 0 Å². The van der Waals surface area contributed by atoms with Crippen molar-refractivity contribution in [3.05, 3.63) is 60.3 Å². The van der Waals surface area contributed by atoms with Crippen LogP contribution in [-0.2, 0) is 9.53 Å². The molecule has 0 aliphatic rings. The van der Waals surface area contributed by atoms with Crippen molar-refractivity contribution in [2.45, 2.75) is 11.9 Å². The Balaban J connectivity index is 1.55. The van der Waals surface area contributed by atoms with Gasteiger partial charge in [-0.3, -0.25) is 9.78 Å². The number of ether oxygens (including phenoxy) is 1. The number of para-hydroxylation sites is 2. The zero-order valence-electron chi connectivity index (χ0n) is 14.1. The number of nitrogens with one attached hydrogen (secondary N) is 1. The van der Waals surface area contributed by atoms with Gasteiger partial charge in [-0.1, -0.05) is 23.9 Å². The van der Waals surface area contributed by atoms with Gasteiger partial charge >= 0.3 is 5.97 Å². The van der Waals surface area contributed by atoms with E-state index in [2.05, 4.69) is 15.3 Å². The number of hydrogen-bond acceptors (Lipinski definition) is 6. The second-order valence-electron chi connectivity index (χ2n) is 5.33. The minimum atomic E-state index is -0.379. The first kappa shape index (κ1) is 17.9. The monoisotopic (exact) mass is 367 g/mol. The van der Waals surface area contributed by atoms with Crippen LogP contribution in [0.3, 0.4) is 0 Å². The molecule has 1 aromatic heterocycles. The van der Waals surface area contributed by atoms with Gasteiger partial charge in [-0.25, -0.2) is 9.78 Å². The summed E-state index contributed by atoms with van der Waals surface area (Å²) in [6.45, 7) is 2.08. The number of benzene rings is 2. The van der Waals surface area contributed by atoms with Gasteiger partial charge < -0.3 is 10.1 Å². The Bertz CT molecular complexity index is 929. The average Bonchev–Trinajstić information content (AvgIpc) is 2.67. The van der Waals surface area contributed by atoms with Crippen LogP contribution in [0.5, 0.6) is 0 Å². The third-order valence-electron chi connectivity index (χ3n) is 3.46. The van der Waals surface area contributed by atoms with Gasteiger partial charge in [0.05, 0.1) is 35.2 Å². The zero-order chi connectivity index (χ0) is 18.4. The molecule has 0 radical (unpaired) electrons. The smallest absolute Gasteiger partial charge is 0.338 e. The quantitative estimate of drug-likeness (QED) is 0.530. The molecule has 0 fully saturated rings. The lowest BCUT2D eigenvalue weighted by Crippen LogP contribution is -2.14. The van der Waals surface area contributed by atoms with E-state index in [1.807, 2.05) is 24.3 Å². The summed E-state index contributed by atoms with van der Waals surface area (Å²) < 4.78 is 4.92. The van der Waals surface area contributed by atoms with Crippen molar-refractivity contribution in [3.8, 4) is 0 Å². The third-order valence-corrected chi connectivity index (χ3v) is 4.36. The first-order valence-corrected chi connectivity index (χ1v) is 9.06. The van der Waals surface area contributed by atoms with Crippen LogP contribution in [0, 0.1) is 0 Å². The van der Waals surface area contributed by atoms with Gasteiger partial charge in [0.1, 0.15) is 5.03 Å². The molecule has 0 spiro atoms. The lowest BCUT2D eigenvalue weighted by atomic mass is 10.2. The summed E-state index contributed by atoms with van der Waals surface area (Å²) in [7, 11) is 0. The number of hydrogen-bond donors (Lipinski definition) is 1. The van der Waals surface area contributed by atoms with Gasteiger partial charge in [0.2, 0.25) is 5.91 Å². The Hall–Kier alpha value is -2.93. The van der Waals surface area contributed by atoms with Gasteiger partial charge in [0, 0.05) is 5.69 Å². The topological polar surface area (TPSA) is 81.2 Å². The number of rotatable bonds is 6. The Morgan fingerprint density at radius 1 is 1.08 bits per heavy atom. The highest BCUT2D eigenvalue weighted by Gasteiger charge is 2.08. The number of esters is 1. The minimum Gasteiger partial charge on any atom is -0.462 e. The second-order valence-corrected chi connectivity index (χ2v) is 6.33. The molecule has 2 aromatic carbocycles. The van der Waals surface area contributed by atoms with E-state index < -0.39 is 0 Å². The maximum Gasteiger partial charge on any atom is 0.338 e. The fourth-order valence-corrected chi connectivity index (χ4v) is 2.89. The summed E-state index contributed by atoms with van der Waals surface area (Å²) in [5, 5.41) is 3.48. The highest BCUT2D eigenvalue weighted by molar-refractivity contribution is 7.99.